The Balaban J connectivity index is 2.18. The molecule has 3 aliphatic heterocycles. The molecule has 4 nitrogen and oxygen atoms in total. The van der Waals surface area contributed by atoms with E-state index in [0.29, 0.717) is 19.1 Å². The molecule has 0 aromatic carbocycles. The number of piperidine rings is 3. The second kappa shape index (κ2) is 3.70. The van der Waals surface area contributed by atoms with Gasteiger partial charge in [-0.25, -0.2) is 0 Å². The highest BCUT2D eigenvalue weighted by Crippen LogP contribution is 2.41. The van der Waals surface area contributed by atoms with Crippen molar-refractivity contribution in [3.63, 3.8) is 0 Å². The Morgan fingerprint density at radius 2 is 2.13 bits per heavy atom. The third-order valence-corrected chi connectivity index (χ3v) is 4.16. The number of nitrogens with zero attached hydrogens (tertiary/aromatic N) is 1. The largest absolute Gasteiger partial charge is 0.386 e. The van der Waals surface area contributed by atoms with Gasteiger partial charge in [-0.2, -0.15) is 0 Å². The van der Waals surface area contributed by atoms with E-state index >= 15 is 0 Å². The van der Waals surface area contributed by atoms with Gasteiger partial charge < -0.3 is 20.5 Å². The van der Waals surface area contributed by atoms with Crippen molar-refractivity contribution in [1.29, 1.82) is 0 Å². The van der Waals surface area contributed by atoms with Crippen molar-refractivity contribution in [2.24, 2.45) is 11.7 Å². The first-order chi connectivity index (χ1) is 6.99. The lowest BCUT2D eigenvalue weighted by molar-refractivity contribution is -0.162. The van der Waals surface area contributed by atoms with Crippen molar-refractivity contribution >= 4 is 0 Å². The molecule has 2 unspecified atom stereocenters. The Hall–Kier alpha value is -0.160. The predicted octanol–water partition coefficient (Wildman–Crippen LogP) is -0.193. The fourth-order valence-corrected chi connectivity index (χ4v) is 3.11. The number of rotatable bonds is 3. The molecule has 3 N–H and O–H groups in total. The molecule has 15 heavy (non-hydrogen) atoms. The van der Waals surface area contributed by atoms with Crippen LogP contribution in [0, 0.1) is 5.92 Å². The third-order valence-electron chi connectivity index (χ3n) is 4.16. The standard InChI is InChI=1S/C11H22N2O2/c1-10(12,8-15-2)11(14)7-13-5-3-9(11)4-6-13/h9,14H,3-8,12H2,1-2H3. The lowest BCUT2D eigenvalue weighted by Gasteiger charge is -2.56. The van der Waals surface area contributed by atoms with E-state index in [2.05, 4.69) is 4.90 Å². The van der Waals surface area contributed by atoms with E-state index in [1.165, 1.54) is 0 Å². The van der Waals surface area contributed by atoms with Crippen LogP contribution in [-0.2, 0) is 4.74 Å². The van der Waals surface area contributed by atoms with E-state index in [1.54, 1.807) is 7.11 Å². The molecule has 0 amide bonds. The molecule has 0 aliphatic carbocycles. The topological polar surface area (TPSA) is 58.7 Å². The van der Waals surface area contributed by atoms with Gasteiger partial charge in [0, 0.05) is 13.7 Å². The number of ether oxygens (including phenoxy) is 1. The highest BCUT2D eigenvalue weighted by Gasteiger charge is 2.54. The van der Waals surface area contributed by atoms with Crippen molar-refractivity contribution in [1.82, 2.24) is 4.90 Å². The maximum absolute atomic E-state index is 10.8. The Morgan fingerprint density at radius 3 is 2.53 bits per heavy atom. The van der Waals surface area contributed by atoms with Gasteiger partial charge in [-0.15, -0.1) is 0 Å². The molecule has 88 valence electrons. The number of hydrogen-bond donors (Lipinski definition) is 2. The Labute approximate surface area is 91.4 Å². The maximum Gasteiger partial charge on any atom is 0.100 e. The van der Waals surface area contributed by atoms with Gasteiger partial charge in [0.2, 0.25) is 0 Å². The van der Waals surface area contributed by atoms with Gasteiger partial charge in [-0.1, -0.05) is 0 Å². The van der Waals surface area contributed by atoms with Crippen LogP contribution in [0.1, 0.15) is 19.8 Å². The molecule has 2 bridgehead atoms. The molecule has 0 aromatic rings. The highest BCUT2D eigenvalue weighted by molar-refractivity contribution is 5.10. The van der Waals surface area contributed by atoms with E-state index in [9.17, 15) is 5.11 Å². The molecule has 2 atom stereocenters. The van der Waals surface area contributed by atoms with E-state index in [0.717, 1.165) is 25.9 Å². The molecular formula is C11H22N2O2. The molecular weight excluding hydrogens is 192 g/mol. The zero-order valence-electron chi connectivity index (χ0n) is 9.70. The normalized spacial score (nSPS) is 44.0. The van der Waals surface area contributed by atoms with Crippen LogP contribution in [0.5, 0.6) is 0 Å². The lowest BCUT2D eigenvalue weighted by Crippen LogP contribution is -2.73. The Kier molecular flexibility index (Phi) is 2.79. The minimum absolute atomic E-state index is 0.340. The molecule has 0 saturated carbocycles. The number of aliphatic hydroxyl groups is 1. The molecule has 4 heteroatoms. The van der Waals surface area contributed by atoms with E-state index < -0.39 is 11.1 Å². The lowest BCUT2D eigenvalue weighted by atomic mass is 9.66. The summed E-state index contributed by atoms with van der Waals surface area (Å²) in [5.74, 6) is 0.340. The third kappa shape index (κ3) is 1.69. The monoisotopic (exact) mass is 214 g/mol. The molecule has 3 aliphatic rings. The number of nitrogens with two attached hydrogens (primary N) is 1. The summed E-state index contributed by atoms with van der Waals surface area (Å²) in [6, 6.07) is 0. The average molecular weight is 214 g/mol. The zero-order chi connectivity index (χ0) is 11.1. The second-order valence-electron chi connectivity index (χ2n) is 5.33. The summed E-state index contributed by atoms with van der Waals surface area (Å²) in [7, 11) is 1.63. The average Bonchev–Trinajstić information content (AvgIpc) is 2.18. The quantitative estimate of drug-likeness (QED) is 0.683. The predicted molar refractivity (Wildman–Crippen MR) is 58.6 cm³/mol. The first-order valence-corrected chi connectivity index (χ1v) is 5.72. The number of methoxy groups -OCH3 is 1. The van der Waals surface area contributed by atoms with Crippen LogP contribution in [0.3, 0.4) is 0 Å². The fourth-order valence-electron chi connectivity index (χ4n) is 3.11. The molecule has 3 saturated heterocycles. The minimum atomic E-state index is -0.778. The molecule has 3 rings (SSSR count). The van der Waals surface area contributed by atoms with Gasteiger partial charge in [0.1, 0.15) is 5.60 Å². The van der Waals surface area contributed by atoms with Crippen LogP contribution in [0.4, 0.5) is 0 Å². The van der Waals surface area contributed by atoms with Crippen LogP contribution < -0.4 is 5.73 Å². The summed E-state index contributed by atoms with van der Waals surface area (Å²) in [4.78, 5) is 2.31. The summed E-state index contributed by atoms with van der Waals surface area (Å²) < 4.78 is 5.13. The Morgan fingerprint density at radius 1 is 1.53 bits per heavy atom. The molecule has 0 radical (unpaired) electrons. The van der Waals surface area contributed by atoms with Crippen LogP contribution in [0.15, 0.2) is 0 Å². The first kappa shape index (κ1) is 11.3. The van der Waals surface area contributed by atoms with Crippen molar-refractivity contribution < 1.29 is 9.84 Å². The van der Waals surface area contributed by atoms with Crippen molar-refractivity contribution in [2.75, 3.05) is 33.4 Å². The van der Waals surface area contributed by atoms with Crippen LogP contribution in [0.2, 0.25) is 0 Å². The molecule has 0 spiro atoms. The Bertz CT molecular complexity index is 237. The number of fused-ring (bicyclic) bond motifs is 3. The second-order valence-corrected chi connectivity index (χ2v) is 5.33. The van der Waals surface area contributed by atoms with Gasteiger partial charge in [-0.3, -0.25) is 0 Å². The van der Waals surface area contributed by atoms with Gasteiger partial charge >= 0.3 is 0 Å². The summed E-state index contributed by atoms with van der Waals surface area (Å²) in [6.45, 7) is 5.23. The van der Waals surface area contributed by atoms with Crippen LogP contribution in [0.25, 0.3) is 0 Å². The fraction of sp³-hybridized carbons (Fsp3) is 1.00. The maximum atomic E-state index is 10.8. The molecule has 3 heterocycles. The SMILES string of the molecule is COCC(C)(N)C1(O)CN2CCC1CC2. The van der Waals surface area contributed by atoms with Crippen molar-refractivity contribution in [3.8, 4) is 0 Å². The summed E-state index contributed by atoms with van der Waals surface area (Å²) in [5, 5.41) is 10.8. The number of hydrogen-bond acceptors (Lipinski definition) is 4. The summed E-state index contributed by atoms with van der Waals surface area (Å²) in [6.07, 6.45) is 2.13. The summed E-state index contributed by atoms with van der Waals surface area (Å²) >= 11 is 0. The highest BCUT2D eigenvalue weighted by atomic mass is 16.5. The van der Waals surface area contributed by atoms with Crippen molar-refractivity contribution in [3.05, 3.63) is 0 Å². The molecule has 3 fully saturated rings. The van der Waals surface area contributed by atoms with Gasteiger partial charge in [0.05, 0.1) is 12.1 Å². The van der Waals surface area contributed by atoms with Gasteiger partial charge in [0.25, 0.3) is 0 Å². The molecule has 0 aromatic heterocycles. The minimum Gasteiger partial charge on any atom is -0.386 e. The van der Waals surface area contributed by atoms with Crippen LogP contribution in [-0.4, -0.2) is 54.5 Å². The van der Waals surface area contributed by atoms with Crippen molar-refractivity contribution in [2.45, 2.75) is 30.9 Å². The smallest absolute Gasteiger partial charge is 0.100 e. The van der Waals surface area contributed by atoms with Gasteiger partial charge in [0.15, 0.2) is 0 Å². The summed E-state index contributed by atoms with van der Waals surface area (Å²) in [5.41, 5.74) is 4.80. The van der Waals surface area contributed by atoms with E-state index in [1.807, 2.05) is 6.92 Å². The first-order valence-electron chi connectivity index (χ1n) is 5.72. The van der Waals surface area contributed by atoms with Crippen LogP contribution >= 0.6 is 0 Å². The zero-order valence-corrected chi connectivity index (χ0v) is 9.70. The van der Waals surface area contributed by atoms with E-state index in [-0.39, 0.29) is 0 Å². The van der Waals surface area contributed by atoms with E-state index in [4.69, 9.17) is 10.5 Å². The van der Waals surface area contributed by atoms with Gasteiger partial charge in [-0.05, 0) is 38.8 Å².